The lowest BCUT2D eigenvalue weighted by Gasteiger charge is -2.41. The van der Waals surface area contributed by atoms with Crippen LogP contribution in [0, 0.1) is 5.82 Å². The van der Waals surface area contributed by atoms with Crippen molar-refractivity contribution in [2.75, 3.05) is 27.2 Å². The third-order valence-electron chi connectivity index (χ3n) is 5.61. The normalized spacial score (nSPS) is 19.2. The number of halogens is 1. The van der Waals surface area contributed by atoms with Gasteiger partial charge in [0.25, 0.3) is 23.5 Å². The van der Waals surface area contributed by atoms with Gasteiger partial charge < -0.3 is 15.0 Å². The number of ketones is 1. The lowest BCUT2D eigenvalue weighted by atomic mass is 9.99. The predicted molar refractivity (Wildman–Crippen MR) is 119 cm³/mol. The highest BCUT2D eigenvalue weighted by molar-refractivity contribution is 6.46. The van der Waals surface area contributed by atoms with Gasteiger partial charge in [-0.2, -0.15) is 0 Å². The minimum absolute atomic E-state index is 0.0849. The Kier molecular flexibility index (Phi) is 6.19. The Morgan fingerprint density at radius 3 is 2.74 bits per heavy atom. The average Bonchev–Trinajstić information content (AvgIpc) is 3.29. The summed E-state index contributed by atoms with van der Waals surface area (Å²) >= 11 is 0. The zero-order valence-electron chi connectivity index (χ0n) is 19.6. The van der Waals surface area contributed by atoms with Crippen LogP contribution in [0.5, 0.6) is 0 Å². The Hall–Kier alpha value is -4.00. The standard InChI is InChI=1S/C22H24FN7O5/c1-22(2)21-26-15(16(31)19(33)29(21)7-8-35-22)18(32)24-10-12-5-6-13(23)9-14(12)30-11-25-17(27-30)20(34)28(3)4/h5-6,9,11,15H,7-8,10H2,1-4H3,(H,24,32). The summed E-state index contributed by atoms with van der Waals surface area (Å²) in [4.78, 5) is 60.9. The summed E-state index contributed by atoms with van der Waals surface area (Å²) in [7, 11) is 3.10. The van der Waals surface area contributed by atoms with Crippen LogP contribution >= 0.6 is 0 Å². The first-order valence-electron chi connectivity index (χ1n) is 10.8. The van der Waals surface area contributed by atoms with Crippen molar-refractivity contribution in [1.82, 2.24) is 29.9 Å². The summed E-state index contributed by atoms with van der Waals surface area (Å²) in [6.07, 6.45) is 1.26. The van der Waals surface area contributed by atoms with E-state index in [1.54, 1.807) is 27.9 Å². The van der Waals surface area contributed by atoms with Crippen LogP contribution in [0.25, 0.3) is 5.69 Å². The van der Waals surface area contributed by atoms with Crippen molar-refractivity contribution in [1.29, 1.82) is 0 Å². The van der Waals surface area contributed by atoms with E-state index in [-0.39, 0.29) is 37.0 Å². The van der Waals surface area contributed by atoms with Crippen LogP contribution in [0.3, 0.4) is 0 Å². The number of benzene rings is 1. The van der Waals surface area contributed by atoms with Crippen LogP contribution in [0.1, 0.15) is 30.0 Å². The minimum atomic E-state index is -1.56. The summed E-state index contributed by atoms with van der Waals surface area (Å²) in [5.41, 5.74) is -0.272. The first-order valence-corrected chi connectivity index (χ1v) is 10.8. The molecule has 1 saturated heterocycles. The van der Waals surface area contributed by atoms with Crippen LogP contribution in [-0.2, 0) is 25.7 Å². The molecular weight excluding hydrogens is 461 g/mol. The number of fused-ring (bicyclic) bond motifs is 1. The maximum atomic E-state index is 14.0. The molecule has 1 aromatic carbocycles. The molecule has 1 aromatic heterocycles. The summed E-state index contributed by atoms with van der Waals surface area (Å²) in [6.45, 7) is 3.70. The molecule has 3 amide bonds. The van der Waals surface area contributed by atoms with E-state index in [1.165, 1.54) is 39.0 Å². The molecule has 0 aliphatic carbocycles. The van der Waals surface area contributed by atoms with E-state index in [4.69, 9.17) is 4.74 Å². The van der Waals surface area contributed by atoms with E-state index in [2.05, 4.69) is 20.4 Å². The first kappa shape index (κ1) is 24.1. The number of carbonyl (C=O) groups is 4. The maximum Gasteiger partial charge on any atom is 0.298 e. The molecular formula is C22H24FN7O5. The Labute approximate surface area is 199 Å². The zero-order valence-corrected chi connectivity index (χ0v) is 19.6. The number of aromatic nitrogens is 3. The van der Waals surface area contributed by atoms with Gasteiger partial charge in [-0.15, -0.1) is 5.10 Å². The van der Waals surface area contributed by atoms with E-state index in [0.717, 1.165) is 0 Å². The number of nitrogens with one attached hydrogen (secondary N) is 1. The van der Waals surface area contributed by atoms with Crippen LogP contribution in [-0.4, -0.2) is 92.8 Å². The van der Waals surface area contributed by atoms with Crippen molar-refractivity contribution in [2.24, 2.45) is 4.99 Å². The quantitative estimate of drug-likeness (QED) is 0.454. The van der Waals surface area contributed by atoms with E-state index in [9.17, 15) is 23.6 Å². The number of hydrogen-bond donors (Lipinski definition) is 1. The molecule has 12 nitrogen and oxygen atoms in total. The third kappa shape index (κ3) is 4.54. The molecule has 0 bridgehead atoms. The van der Waals surface area contributed by atoms with Crippen LogP contribution in [0.15, 0.2) is 29.5 Å². The molecule has 1 fully saturated rings. The Bertz CT molecular complexity index is 1250. The van der Waals surface area contributed by atoms with Crippen molar-refractivity contribution in [3.63, 3.8) is 0 Å². The molecule has 4 rings (SSSR count). The van der Waals surface area contributed by atoms with Gasteiger partial charge in [-0.05, 0) is 31.5 Å². The van der Waals surface area contributed by atoms with Crippen LogP contribution < -0.4 is 5.32 Å². The number of ether oxygens (including phenoxy) is 1. The number of Topliss-reactive ketones (excluding diaryl/α,β-unsaturated/α-hetero) is 1. The number of morpholine rings is 1. The predicted octanol–water partition coefficient (Wildman–Crippen LogP) is -0.288. The molecule has 2 aliphatic rings. The van der Waals surface area contributed by atoms with E-state index in [1.807, 2.05) is 0 Å². The summed E-state index contributed by atoms with van der Waals surface area (Å²) in [5.74, 6) is -3.39. The van der Waals surface area contributed by atoms with Crippen LogP contribution in [0.4, 0.5) is 4.39 Å². The smallest absolute Gasteiger partial charge is 0.298 e. The highest BCUT2D eigenvalue weighted by Crippen LogP contribution is 2.24. The van der Waals surface area contributed by atoms with Gasteiger partial charge in [-0.1, -0.05) is 6.07 Å². The van der Waals surface area contributed by atoms with E-state index in [0.29, 0.717) is 5.56 Å². The maximum absolute atomic E-state index is 14.0. The van der Waals surface area contributed by atoms with Gasteiger partial charge in [0.05, 0.1) is 18.8 Å². The fourth-order valence-electron chi connectivity index (χ4n) is 3.77. The van der Waals surface area contributed by atoms with Crippen molar-refractivity contribution in [2.45, 2.75) is 32.0 Å². The Balaban J connectivity index is 1.56. The topological polar surface area (TPSA) is 139 Å². The molecule has 0 radical (unpaired) electrons. The molecule has 1 unspecified atom stereocenters. The van der Waals surface area contributed by atoms with Crippen molar-refractivity contribution < 1.29 is 28.3 Å². The highest BCUT2D eigenvalue weighted by Gasteiger charge is 2.47. The fraction of sp³-hybridized carbons (Fsp3) is 0.409. The van der Waals surface area contributed by atoms with Gasteiger partial charge in [0.2, 0.25) is 5.82 Å². The molecule has 2 aromatic rings. The number of amidine groups is 1. The van der Waals surface area contributed by atoms with Gasteiger partial charge in [-0.3, -0.25) is 24.1 Å². The summed E-state index contributed by atoms with van der Waals surface area (Å²) in [5, 5.41) is 6.68. The highest BCUT2D eigenvalue weighted by atomic mass is 19.1. The molecule has 3 heterocycles. The molecule has 2 aliphatic heterocycles. The minimum Gasteiger partial charge on any atom is -0.366 e. The zero-order chi connectivity index (χ0) is 25.5. The molecule has 1 N–H and O–H groups in total. The van der Waals surface area contributed by atoms with Gasteiger partial charge in [0, 0.05) is 20.6 Å². The van der Waals surface area contributed by atoms with E-state index >= 15 is 0 Å². The van der Waals surface area contributed by atoms with Gasteiger partial charge in [-0.25, -0.2) is 19.0 Å². The van der Waals surface area contributed by atoms with Gasteiger partial charge in [0.15, 0.2) is 6.04 Å². The summed E-state index contributed by atoms with van der Waals surface area (Å²) < 4.78 is 20.9. The number of nitrogens with zero attached hydrogens (tertiary/aromatic N) is 6. The van der Waals surface area contributed by atoms with Crippen molar-refractivity contribution >= 4 is 29.3 Å². The SMILES string of the molecule is CN(C)C(=O)c1ncn(-c2cc(F)ccc2CNC(=O)C2N=C3N(CCOC3(C)C)C(=O)C2=O)n1. The van der Waals surface area contributed by atoms with Crippen molar-refractivity contribution in [3.05, 3.63) is 41.7 Å². The number of amides is 3. The average molecular weight is 485 g/mol. The molecule has 1 atom stereocenters. The number of hydrogen-bond acceptors (Lipinski definition) is 8. The van der Waals surface area contributed by atoms with Crippen molar-refractivity contribution in [3.8, 4) is 5.69 Å². The first-order chi connectivity index (χ1) is 16.5. The van der Waals surface area contributed by atoms with E-state index < -0.39 is 41.0 Å². The fourth-order valence-corrected chi connectivity index (χ4v) is 3.77. The van der Waals surface area contributed by atoms with Gasteiger partial charge >= 0.3 is 0 Å². The lowest BCUT2D eigenvalue weighted by Crippen LogP contribution is -2.62. The molecule has 0 saturated carbocycles. The Morgan fingerprint density at radius 2 is 2.03 bits per heavy atom. The second-order valence-corrected chi connectivity index (χ2v) is 8.74. The second kappa shape index (κ2) is 8.98. The molecule has 35 heavy (non-hydrogen) atoms. The second-order valence-electron chi connectivity index (χ2n) is 8.74. The molecule has 0 spiro atoms. The van der Waals surface area contributed by atoms with Gasteiger partial charge in [0.1, 0.15) is 23.6 Å². The number of rotatable bonds is 5. The largest absolute Gasteiger partial charge is 0.366 e. The third-order valence-corrected chi connectivity index (χ3v) is 5.61. The lowest BCUT2D eigenvalue weighted by molar-refractivity contribution is -0.148. The number of aliphatic imine (C=N–C) groups is 1. The molecule has 184 valence electrons. The number of carbonyl (C=O) groups excluding carboxylic acids is 4. The van der Waals surface area contributed by atoms with Crippen LogP contribution in [0.2, 0.25) is 0 Å². The summed E-state index contributed by atoms with van der Waals surface area (Å²) in [6, 6.07) is 2.24. The Morgan fingerprint density at radius 1 is 1.29 bits per heavy atom. The molecule has 13 heteroatoms. The monoisotopic (exact) mass is 485 g/mol.